The lowest BCUT2D eigenvalue weighted by atomic mass is 9.91. The first kappa shape index (κ1) is 25.0. The third-order valence-corrected chi connectivity index (χ3v) is 4.11. The molecule has 0 aromatic carbocycles. The standard InChI is InChI=1S/C20H30N2O8/c1-13(2)17(23)27-8-10-29-19(25)21-15-6-5-7-16(12-15)22-20(26)30-11-9-28-18(24)14(3)4/h15-16H,1,3,5-12H2,2,4H3,(H,21,25)(H,22,26). The van der Waals surface area contributed by atoms with Crippen molar-refractivity contribution >= 4 is 24.1 Å². The SMILES string of the molecule is C=C(C)C(=O)OCCOC(=O)NC1CCCC(NC(=O)OCCOC(=O)C(=C)C)C1. The van der Waals surface area contributed by atoms with E-state index in [0.29, 0.717) is 6.42 Å². The van der Waals surface area contributed by atoms with E-state index < -0.39 is 24.1 Å². The third kappa shape index (κ3) is 10.5. The van der Waals surface area contributed by atoms with E-state index >= 15 is 0 Å². The highest BCUT2D eigenvalue weighted by Gasteiger charge is 2.25. The predicted octanol–water partition coefficient (Wildman–Crippen LogP) is 1.99. The Hall–Kier alpha value is -3.04. The highest BCUT2D eigenvalue weighted by molar-refractivity contribution is 5.87. The van der Waals surface area contributed by atoms with Crippen molar-refractivity contribution in [3.8, 4) is 0 Å². The summed E-state index contributed by atoms with van der Waals surface area (Å²) in [6.45, 7) is 9.71. The van der Waals surface area contributed by atoms with Gasteiger partial charge in [0.15, 0.2) is 0 Å². The Morgan fingerprint density at radius 3 is 1.47 bits per heavy atom. The molecule has 1 saturated carbocycles. The van der Waals surface area contributed by atoms with Crippen LogP contribution in [0.25, 0.3) is 0 Å². The van der Waals surface area contributed by atoms with Gasteiger partial charge in [-0.25, -0.2) is 19.2 Å². The smallest absolute Gasteiger partial charge is 0.407 e. The fourth-order valence-corrected chi connectivity index (χ4v) is 2.65. The molecule has 0 spiro atoms. The quantitative estimate of drug-likeness (QED) is 0.235. The summed E-state index contributed by atoms with van der Waals surface area (Å²) >= 11 is 0. The number of amides is 2. The molecule has 10 heteroatoms. The van der Waals surface area contributed by atoms with Gasteiger partial charge < -0.3 is 29.6 Å². The normalized spacial score (nSPS) is 17.8. The van der Waals surface area contributed by atoms with Gasteiger partial charge in [-0.05, 0) is 39.5 Å². The van der Waals surface area contributed by atoms with Gasteiger partial charge in [-0.2, -0.15) is 0 Å². The second kappa shape index (κ2) is 13.2. The van der Waals surface area contributed by atoms with E-state index in [1.54, 1.807) is 0 Å². The van der Waals surface area contributed by atoms with Crippen LogP contribution in [-0.4, -0.2) is 62.6 Å². The van der Waals surface area contributed by atoms with Gasteiger partial charge in [0.25, 0.3) is 0 Å². The molecule has 0 radical (unpaired) electrons. The number of esters is 2. The second-order valence-corrected chi connectivity index (χ2v) is 6.95. The summed E-state index contributed by atoms with van der Waals surface area (Å²) < 4.78 is 19.6. The molecule has 1 aliphatic rings. The Morgan fingerprint density at radius 2 is 1.10 bits per heavy atom. The van der Waals surface area contributed by atoms with Crippen LogP contribution in [0.4, 0.5) is 9.59 Å². The Labute approximate surface area is 175 Å². The topological polar surface area (TPSA) is 129 Å². The molecule has 0 aromatic rings. The molecular weight excluding hydrogens is 396 g/mol. The molecule has 2 amide bonds. The van der Waals surface area contributed by atoms with E-state index in [4.69, 9.17) is 18.9 Å². The minimum absolute atomic E-state index is 0.0541. The number of nitrogens with one attached hydrogen (secondary N) is 2. The van der Waals surface area contributed by atoms with Crippen LogP contribution in [0.2, 0.25) is 0 Å². The second-order valence-electron chi connectivity index (χ2n) is 6.95. The predicted molar refractivity (Wildman–Crippen MR) is 107 cm³/mol. The Kier molecular flexibility index (Phi) is 11.0. The van der Waals surface area contributed by atoms with Crippen molar-refractivity contribution in [3.63, 3.8) is 0 Å². The van der Waals surface area contributed by atoms with Crippen LogP contribution < -0.4 is 10.6 Å². The van der Waals surface area contributed by atoms with Crippen LogP contribution in [0.15, 0.2) is 24.3 Å². The lowest BCUT2D eigenvalue weighted by Crippen LogP contribution is -2.46. The molecule has 168 valence electrons. The van der Waals surface area contributed by atoms with E-state index in [1.165, 1.54) is 13.8 Å². The van der Waals surface area contributed by atoms with E-state index in [2.05, 4.69) is 23.8 Å². The summed E-state index contributed by atoms with van der Waals surface area (Å²) in [6, 6.07) is -0.322. The van der Waals surface area contributed by atoms with Gasteiger partial charge in [-0.3, -0.25) is 0 Å². The van der Waals surface area contributed by atoms with Gasteiger partial charge in [0.1, 0.15) is 26.4 Å². The monoisotopic (exact) mass is 426 g/mol. The molecule has 2 atom stereocenters. The van der Waals surface area contributed by atoms with Crippen molar-refractivity contribution in [2.24, 2.45) is 0 Å². The maximum Gasteiger partial charge on any atom is 0.407 e. The van der Waals surface area contributed by atoms with Gasteiger partial charge in [0, 0.05) is 23.2 Å². The van der Waals surface area contributed by atoms with Crippen LogP contribution in [-0.2, 0) is 28.5 Å². The minimum Gasteiger partial charge on any atom is -0.459 e. The van der Waals surface area contributed by atoms with Gasteiger partial charge in [-0.1, -0.05) is 13.2 Å². The van der Waals surface area contributed by atoms with Crippen LogP contribution in [0, 0.1) is 0 Å². The number of rotatable bonds is 10. The molecule has 10 nitrogen and oxygen atoms in total. The summed E-state index contributed by atoms with van der Waals surface area (Å²) in [4.78, 5) is 46.1. The fourth-order valence-electron chi connectivity index (χ4n) is 2.65. The van der Waals surface area contributed by atoms with Crippen LogP contribution in [0.3, 0.4) is 0 Å². The lowest BCUT2D eigenvalue weighted by Gasteiger charge is -2.29. The molecule has 0 aromatic heterocycles. The number of carbonyl (C=O) groups excluding carboxylic acids is 4. The van der Waals surface area contributed by atoms with Gasteiger partial charge in [0.2, 0.25) is 0 Å². The Bertz CT molecular complexity index is 607. The van der Waals surface area contributed by atoms with Gasteiger partial charge in [-0.15, -0.1) is 0 Å². The molecule has 1 rings (SSSR count). The van der Waals surface area contributed by atoms with Crippen molar-refractivity contribution in [3.05, 3.63) is 24.3 Å². The molecule has 30 heavy (non-hydrogen) atoms. The number of alkyl carbamates (subject to hydrolysis) is 2. The first-order chi connectivity index (χ1) is 14.2. The maximum atomic E-state index is 11.8. The average molecular weight is 426 g/mol. The van der Waals surface area contributed by atoms with Crippen LogP contribution in [0.5, 0.6) is 0 Å². The molecule has 2 unspecified atom stereocenters. The Morgan fingerprint density at radius 1 is 0.733 bits per heavy atom. The summed E-state index contributed by atoms with van der Waals surface area (Å²) in [5, 5.41) is 5.46. The van der Waals surface area contributed by atoms with Crippen molar-refractivity contribution in [2.75, 3.05) is 26.4 Å². The number of hydrogen-bond donors (Lipinski definition) is 2. The van der Waals surface area contributed by atoms with Gasteiger partial charge in [0.05, 0.1) is 0 Å². The van der Waals surface area contributed by atoms with E-state index in [9.17, 15) is 19.2 Å². The zero-order valence-corrected chi connectivity index (χ0v) is 17.5. The maximum absolute atomic E-state index is 11.8. The molecule has 0 aliphatic heterocycles. The minimum atomic E-state index is -0.617. The Balaban J connectivity index is 2.21. The zero-order valence-electron chi connectivity index (χ0n) is 17.5. The van der Waals surface area contributed by atoms with E-state index in [1.807, 2.05) is 0 Å². The number of hydrogen-bond acceptors (Lipinski definition) is 8. The molecule has 2 N–H and O–H groups in total. The summed E-state index contributed by atoms with van der Waals surface area (Å²) in [7, 11) is 0. The van der Waals surface area contributed by atoms with Crippen molar-refractivity contribution in [1.82, 2.24) is 10.6 Å². The summed E-state index contributed by atoms with van der Waals surface area (Å²) in [5.74, 6) is -1.08. The first-order valence-electron chi connectivity index (χ1n) is 9.71. The summed E-state index contributed by atoms with van der Waals surface area (Å²) in [6.07, 6.45) is 1.61. The van der Waals surface area contributed by atoms with Crippen molar-refractivity contribution in [2.45, 2.75) is 51.6 Å². The van der Waals surface area contributed by atoms with E-state index in [-0.39, 0.29) is 49.7 Å². The molecule has 0 heterocycles. The molecule has 0 bridgehead atoms. The highest BCUT2D eigenvalue weighted by Crippen LogP contribution is 2.19. The zero-order chi connectivity index (χ0) is 22.5. The third-order valence-electron chi connectivity index (χ3n) is 4.11. The number of carbonyl (C=O) groups is 4. The molecule has 0 saturated heterocycles. The average Bonchev–Trinajstić information content (AvgIpc) is 2.68. The van der Waals surface area contributed by atoms with Crippen molar-refractivity contribution in [1.29, 1.82) is 0 Å². The molecule has 1 aliphatic carbocycles. The molecule has 1 fully saturated rings. The van der Waals surface area contributed by atoms with E-state index in [0.717, 1.165) is 19.3 Å². The van der Waals surface area contributed by atoms with Crippen LogP contribution in [0.1, 0.15) is 39.5 Å². The highest BCUT2D eigenvalue weighted by atomic mass is 16.6. The lowest BCUT2D eigenvalue weighted by molar-refractivity contribution is -0.140. The first-order valence-corrected chi connectivity index (χ1v) is 9.71. The number of ether oxygens (including phenoxy) is 4. The summed E-state index contributed by atoms with van der Waals surface area (Å²) in [5.41, 5.74) is 0.540. The van der Waals surface area contributed by atoms with Crippen molar-refractivity contribution < 1.29 is 38.1 Å². The van der Waals surface area contributed by atoms with Crippen LogP contribution >= 0.6 is 0 Å². The van der Waals surface area contributed by atoms with Gasteiger partial charge >= 0.3 is 24.1 Å². The molecular formula is C20H30N2O8. The fraction of sp³-hybridized carbons (Fsp3) is 0.600. The largest absolute Gasteiger partial charge is 0.459 e.